The maximum atomic E-state index is 16.9. The molecule has 10 heteroatoms. The molecule has 3 aliphatic rings. The van der Waals surface area contributed by atoms with Gasteiger partial charge in [-0.15, -0.1) is 0 Å². The number of piperazine rings is 1. The molecular formula is C32H36F3N7. The molecule has 0 spiro atoms. The molecule has 0 amide bonds. The molecule has 0 saturated carbocycles. The molecule has 1 N–H and O–H groups in total. The number of allylic oxidation sites excluding steroid dienone is 1. The number of anilines is 1. The molecule has 5 heterocycles. The quantitative estimate of drug-likeness (QED) is 0.323. The highest BCUT2D eigenvalue weighted by molar-refractivity contribution is 6.04. The Bertz CT molecular complexity index is 1710. The minimum atomic E-state index is -0.887. The van der Waals surface area contributed by atoms with E-state index in [1.54, 1.807) is 26.2 Å². The Kier molecular flexibility index (Phi) is 6.73. The van der Waals surface area contributed by atoms with Gasteiger partial charge in [-0.3, -0.25) is 9.58 Å². The first-order valence-corrected chi connectivity index (χ1v) is 15.0. The van der Waals surface area contributed by atoms with Crippen molar-refractivity contribution in [2.24, 2.45) is 7.05 Å². The standard InChI is InChI=1S/C32H36F3N7/c1-19(2)23-26-29(28(35)25(27(23)34)24-21(33)7-6-20-18-37-40(3)30(20)24)38-22(39-31(26)41-16-12-36-13-17-41)8-11-32-9-4-14-42(32)15-5-10-32/h6-7,18,36H,1,4-5,8-17H2,2-3H3. The van der Waals surface area contributed by atoms with Crippen molar-refractivity contribution >= 4 is 33.2 Å². The maximum Gasteiger partial charge on any atom is 0.160 e. The monoisotopic (exact) mass is 575 g/mol. The Morgan fingerprint density at radius 1 is 1.00 bits per heavy atom. The van der Waals surface area contributed by atoms with Gasteiger partial charge in [0.15, 0.2) is 5.82 Å². The molecule has 4 aromatic rings. The first-order chi connectivity index (χ1) is 20.3. The van der Waals surface area contributed by atoms with E-state index in [2.05, 4.69) is 26.8 Å². The van der Waals surface area contributed by atoms with E-state index in [1.807, 2.05) is 0 Å². The Morgan fingerprint density at radius 3 is 2.45 bits per heavy atom. The summed E-state index contributed by atoms with van der Waals surface area (Å²) < 4.78 is 50.6. The average Bonchev–Trinajstić information content (AvgIpc) is 3.68. The minimum absolute atomic E-state index is 0.00806. The van der Waals surface area contributed by atoms with Crippen molar-refractivity contribution < 1.29 is 13.2 Å². The zero-order valence-corrected chi connectivity index (χ0v) is 24.2. The zero-order valence-electron chi connectivity index (χ0n) is 24.2. The topological polar surface area (TPSA) is 62.1 Å². The van der Waals surface area contributed by atoms with Gasteiger partial charge in [-0.1, -0.05) is 6.58 Å². The molecule has 2 aromatic carbocycles. The van der Waals surface area contributed by atoms with E-state index in [9.17, 15) is 0 Å². The highest BCUT2D eigenvalue weighted by Gasteiger charge is 2.43. The van der Waals surface area contributed by atoms with Crippen molar-refractivity contribution in [3.8, 4) is 11.1 Å². The average molecular weight is 576 g/mol. The van der Waals surface area contributed by atoms with Crippen LogP contribution in [0.2, 0.25) is 0 Å². The normalized spacial score (nSPS) is 18.8. The van der Waals surface area contributed by atoms with Crippen molar-refractivity contribution in [2.45, 2.75) is 51.0 Å². The number of benzene rings is 2. The lowest BCUT2D eigenvalue weighted by molar-refractivity contribution is 0.182. The number of nitrogens with zero attached hydrogens (tertiary/aromatic N) is 6. The summed E-state index contributed by atoms with van der Waals surface area (Å²) in [5, 5.41) is 8.46. The predicted molar refractivity (Wildman–Crippen MR) is 160 cm³/mol. The van der Waals surface area contributed by atoms with Gasteiger partial charge in [-0.05, 0) is 69.8 Å². The number of fused-ring (bicyclic) bond motifs is 3. The van der Waals surface area contributed by atoms with Crippen molar-refractivity contribution in [2.75, 3.05) is 44.2 Å². The summed E-state index contributed by atoms with van der Waals surface area (Å²) in [5.41, 5.74) is 0.390. The lowest BCUT2D eigenvalue weighted by Crippen LogP contribution is -2.44. The van der Waals surface area contributed by atoms with Crippen LogP contribution in [0.15, 0.2) is 24.9 Å². The van der Waals surface area contributed by atoms with E-state index in [0.717, 1.165) is 45.4 Å². The van der Waals surface area contributed by atoms with Crippen LogP contribution in [0.4, 0.5) is 19.0 Å². The van der Waals surface area contributed by atoms with Crippen LogP contribution in [0.25, 0.3) is 38.5 Å². The summed E-state index contributed by atoms with van der Waals surface area (Å²) in [7, 11) is 1.64. The number of halogens is 3. The molecule has 3 saturated heterocycles. The maximum absolute atomic E-state index is 16.9. The Morgan fingerprint density at radius 2 is 1.74 bits per heavy atom. The fourth-order valence-electron chi connectivity index (χ4n) is 7.63. The largest absolute Gasteiger partial charge is 0.353 e. The summed E-state index contributed by atoms with van der Waals surface area (Å²) in [6, 6.07) is 2.80. The van der Waals surface area contributed by atoms with Gasteiger partial charge in [0.2, 0.25) is 0 Å². The second kappa shape index (κ2) is 10.3. The fraction of sp³-hybridized carbons (Fsp3) is 0.469. The van der Waals surface area contributed by atoms with E-state index in [0.29, 0.717) is 53.0 Å². The van der Waals surface area contributed by atoms with Gasteiger partial charge >= 0.3 is 0 Å². The van der Waals surface area contributed by atoms with E-state index in [1.165, 1.54) is 23.6 Å². The molecule has 3 fully saturated rings. The van der Waals surface area contributed by atoms with Crippen LogP contribution >= 0.6 is 0 Å². The molecule has 7 rings (SSSR count). The van der Waals surface area contributed by atoms with Gasteiger partial charge in [-0.2, -0.15) is 5.10 Å². The lowest BCUT2D eigenvalue weighted by Gasteiger charge is -2.33. The van der Waals surface area contributed by atoms with Gasteiger partial charge < -0.3 is 10.2 Å². The van der Waals surface area contributed by atoms with Crippen LogP contribution < -0.4 is 10.2 Å². The first kappa shape index (κ1) is 27.3. The van der Waals surface area contributed by atoms with Crippen LogP contribution in [-0.2, 0) is 13.5 Å². The molecular weight excluding hydrogens is 539 g/mol. The molecule has 220 valence electrons. The summed E-state index contributed by atoms with van der Waals surface area (Å²) >= 11 is 0. The van der Waals surface area contributed by atoms with Gasteiger partial charge in [0.25, 0.3) is 0 Å². The summed E-state index contributed by atoms with van der Waals surface area (Å²) in [6.07, 6.45) is 7.74. The number of rotatable bonds is 6. The van der Waals surface area contributed by atoms with E-state index < -0.39 is 23.0 Å². The number of aromatic nitrogens is 4. The molecule has 0 bridgehead atoms. The Hall–Kier alpha value is -3.50. The Labute approximate surface area is 243 Å². The second-order valence-corrected chi connectivity index (χ2v) is 12.1. The van der Waals surface area contributed by atoms with Crippen molar-refractivity contribution in [1.29, 1.82) is 0 Å². The van der Waals surface area contributed by atoms with Crippen LogP contribution in [0.5, 0.6) is 0 Å². The molecule has 0 radical (unpaired) electrons. The molecule has 2 aromatic heterocycles. The van der Waals surface area contributed by atoms with Gasteiger partial charge in [0, 0.05) is 61.7 Å². The highest BCUT2D eigenvalue weighted by Crippen LogP contribution is 2.45. The number of nitrogens with one attached hydrogen (secondary N) is 1. The van der Waals surface area contributed by atoms with Crippen LogP contribution in [0.1, 0.15) is 50.4 Å². The summed E-state index contributed by atoms with van der Waals surface area (Å²) in [4.78, 5) is 14.5. The second-order valence-electron chi connectivity index (χ2n) is 12.1. The third-order valence-corrected chi connectivity index (χ3v) is 9.62. The zero-order chi connectivity index (χ0) is 29.2. The number of hydrogen-bond donors (Lipinski definition) is 1. The predicted octanol–water partition coefficient (Wildman–Crippen LogP) is 5.60. The molecule has 0 atom stereocenters. The highest BCUT2D eigenvalue weighted by atomic mass is 19.1. The third-order valence-electron chi connectivity index (χ3n) is 9.62. The summed E-state index contributed by atoms with van der Waals surface area (Å²) in [6.45, 7) is 10.7. The minimum Gasteiger partial charge on any atom is -0.353 e. The van der Waals surface area contributed by atoms with Crippen LogP contribution in [0.3, 0.4) is 0 Å². The van der Waals surface area contributed by atoms with E-state index in [4.69, 9.17) is 9.97 Å². The van der Waals surface area contributed by atoms with Gasteiger partial charge in [-0.25, -0.2) is 23.1 Å². The van der Waals surface area contributed by atoms with Crippen molar-refractivity contribution in [1.82, 2.24) is 30.0 Å². The van der Waals surface area contributed by atoms with E-state index in [-0.39, 0.29) is 22.2 Å². The van der Waals surface area contributed by atoms with Crippen molar-refractivity contribution in [3.05, 3.63) is 53.7 Å². The van der Waals surface area contributed by atoms with Gasteiger partial charge in [0.05, 0.1) is 22.7 Å². The number of hydrogen-bond acceptors (Lipinski definition) is 6. The van der Waals surface area contributed by atoms with Crippen LogP contribution in [-0.4, -0.2) is 69.5 Å². The van der Waals surface area contributed by atoms with Crippen LogP contribution in [0, 0.1) is 17.5 Å². The SMILES string of the molecule is C=C(C)c1c(F)c(-c2c(F)ccc3cnn(C)c23)c(F)c2nc(CCC34CCCN3CCC4)nc(N3CCNCC3)c12. The van der Waals surface area contributed by atoms with E-state index >= 15 is 13.2 Å². The fourth-order valence-corrected chi connectivity index (χ4v) is 7.63. The molecule has 0 unspecified atom stereocenters. The first-order valence-electron chi connectivity index (χ1n) is 15.0. The van der Waals surface area contributed by atoms with Crippen molar-refractivity contribution in [3.63, 3.8) is 0 Å². The van der Waals surface area contributed by atoms with Gasteiger partial charge in [0.1, 0.15) is 28.8 Å². The molecule has 42 heavy (non-hydrogen) atoms. The smallest absolute Gasteiger partial charge is 0.160 e. The summed E-state index contributed by atoms with van der Waals surface area (Å²) in [5.74, 6) is -1.42. The third kappa shape index (κ3) is 4.21. The molecule has 3 aliphatic heterocycles. The number of aryl methyl sites for hydroxylation is 2. The Balaban J connectivity index is 1.48. The lowest BCUT2D eigenvalue weighted by atomic mass is 9.88. The molecule has 0 aliphatic carbocycles. The molecule has 7 nitrogen and oxygen atoms in total.